The Morgan fingerprint density at radius 3 is 0.812 bits per heavy atom. The van der Waals surface area contributed by atoms with Crippen molar-refractivity contribution in [2.75, 3.05) is 26.2 Å². The molecule has 0 aliphatic rings. The maximum atomic E-state index is 6.37. The van der Waals surface area contributed by atoms with Crippen LogP contribution in [0.15, 0.2) is 0 Å². The zero-order valence-corrected chi connectivity index (χ0v) is 10.1. The smallest absolute Gasteiger partial charge is 0.0362 e. The molecule has 0 aliphatic heterocycles. The van der Waals surface area contributed by atoms with Crippen LogP contribution >= 0.6 is 0 Å². The summed E-state index contributed by atoms with van der Waals surface area (Å²) in [5.41, 5.74) is 34.0. The summed E-state index contributed by atoms with van der Waals surface area (Å²) in [6, 6.07) is 0. The maximum absolute atomic E-state index is 6.37. The van der Waals surface area contributed by atoms with Crippen molar-refractivity contribution >= 4 is 0 Å². The highest BCUT2D eigenvalue weighted by molar-refractivity contribution is 5.07. The standard InChI is InChI=1S/C10H28N6/c11-5-1-9(15,2-6-12)10(16,3-7-13)4-8-14/h1-8,11-16H2. The lowest BCUT2D eigenvalue weighted by atomic mass is 9.69. The molecule has 0 rings (SSSR count). The summed E-state index contributed by atoms with van der Waals surface area (Å²) >= 11 is 0. The van der Waals surface area contributed by atoms with Gasteiger partial charge in [0, 0.05) is 11.1 Å². The van der Waals surface area contributed by atoms with Crippen LogP contribution in [0.2, 0.25) is 0 Å². The summed E-state index contributed by atoms with van der Waals surface area (Å²) < 4.78 is 0. The fraction of sp³-hybridized carbons (Fsp3) is 1.00. The predicted octanol–water partition coefficient (Wildman–Crippen LogP) is -2.22. The summed E-state index contributed by atoms with van der Waals surface area (Å²) in [7, 11) is 0. The molecular weight excluding hydrogens is 204 g/mol. The molecule has 0 aromatic heterocycles. The highest BCUT2D eigenvalue weighted by Crippen LogP contribution is 2.29. The lowest BCUT2D eigenvalue weighted by molar-refractivity contribution is 0.175. The summed E-state index contributed by atoms with van der Waals surface area (Å²) in [5.74, 6) is 0. The average Bonchev–Trinajstić information content (AvgIpc) is 2.19. The van der Waals surface area contributed by atoms with Crippen molar-refractivity contribution in [3.05, 3.63) is 0 Å². The Morgan fingerprint density at radius 1 is 0.500 bits per heavy atom. The van der Waals surface area contributed by atoms with E-state index in [2.05, 4.69) is 0 Å². The Balaban J connectivity index is 4.90. The van der Waals surface area contributed by atoms with Gasteiger partial charge in [-0.2, -0.15) is 0 Å². The van der Waals surface area contributed by atoms with Gasteiger partial charge in [0.1, 0.15) is 0 Å². The van der Waals surface area contributed by atoms with Gasteiger partial charge in [0.25, 0.3) is 0 Å². The molecule has 0 saturated heterocycles. The lowest BCUT2D eigenvalue weighted by Gasteiger charge is -2.46. The van der Waals surface area contributed by atoms with Gasteiger partial charge < -0.3 is 34.4 Å². The maximum Gasteiger partial charge on any atom is 0.0362 e. The third-order valence-electron chi connectivity index (χ3n) is 3.35. The predicted molar refractivity (Wildman–Crippen MR) is 68.5 cm³/mol. The molecule has 6 heteroatoms. The van der Waals surface area contributed by atoms with Gasteiger partial charge in [0.05, 0.1) is 0 Å². The van der Waals surface area contributed by atoms with E-state index >= 15 is 0 Å². The van der Waals surface area contributed by atoms with E-state index in [1.807, 2.05) is 0 Å². The Kier molecular flexibility index (Phi) is 7.05. The second-order valence-corrected chi connectivity index (χ2v) is 4.47. The second kappa shape index (κ2) is 7.16. The first-order chi connectivity index (χ1) is 7.49. The quantitative estimate of drug-likeness (QED) is 0.264. The van der Waals surface area contributed by atoms with E-state index in [0.717, 1.165) is 0 Å². The average molecular weight is 232 g/mol. The Morgan fingerprint density at radius 2 is 0.688 bits per heavy atom. The molecule has 0 atom stereocenters. The summed E-state index contributed by atoms with van der Waals surface area (Å²) in [4.78, 5) is 0. The van der Waals surface area contributed by atoms with Gasteiger partial charge in [0.15, 0.2) is 0 Å². The first kappa shape index (κ1) is 15.8. The molecule has 0 aromatic carbocycles. The molecular formula is C10H28N6. The molecule has 6 nitrogen and oxygen atoms in total. The van der Waals surface area contributed by atoms with Crippen molar-refractivity contribution in [2.45, 2.75) is 36.8 Å². The summed E-state index contributed by atoms with van der Waals surface area (Å²) in [6.45, 7) is 1.96. The van der Waals surface area contributed by atoms with Crippen molar-refractivity contribution < 1.29 is 0 Å². The zero-order valence-electron chi connectivity index (χ0n) is 10.1. The Bertz CT molecular complexity index is 152. The van der Waals surface area contributed by atoms with E-state index in [-0.39, 0.29) is 0 Å². The van der Waals surface area contributed by atoms with Gasteiger partial charge in [0.2, 0.25) is 0 Å². The minimum atomic E-state index is -0.574. The molecule has 0 unspecified atom stereocenters. The molecule has 0 bridgehead atoms. The van der Waals surface area contributed by atoms with E-state index in [1.165, 1.54) is 0 Å². The van der Waals surface area contributed by atoms with Gasteiger partial charge in [-0.15, -0.1) is 0 Å². The molecule has 98 valence electrons. The third kappa shape index (κ3) is 3.65. The largest absolute Gasteiger partial charge is 0.330 e. The monoisotopic (exact) mass is 232 g/mol. The minimum absolute atomic E-state index is 0.491. The van der Waals surface area contributed by atoms with E-state index in [1.54, 1.807) is 0 Å². The van der Waals surface area contributed by atoms with Crippen LogP contribution in [-0.2, 0) is 0 Å². The molecule has 12 N–H and O–H groups in total. The van der Waals surface area contributed by atoms with Gasteiger partial charge in [-0.05, 0) is 51.9 Å². The van der Waals surface area contributed by atoms with Gasteiger partial charge >= 0.3 is 0 Å². The molecule has 0 amide bonds. The fourth-order valence-electron chi connectivity index (χ4n) is 2.28. The number of hydrogen-bond donors (Lipinski definition) is 6. The lowest BCUT2D eigenvalue weighted by Crippen LogP contribution is -2.68. The van der Waals surface area contributed by atoms with Crippen LogP contribution in [0.3, 0.4) is 0 Å². The first-order valence-electron chi connectivity index (χ1n) is 5.87. The number of rotatable bonds is 9. The molecule has 0 saturated carbocycles. The second-order valence-electron chi connectivity index (χ2n) is 4.47. The highest BCUT2D eigenvalue weighted by Gasteiger charge is 2.43. The minimum Gasteiger partial charge on any atom is -0.330 e. The van der Waals surface area contributed by atoms with E-state index < -0.39 is 11.1 Å². The van der Waals surface area contributed by atoms with Gasteiger partial charge in [-0.3, -0.25) is 0 Å². The Hall–Kier alpha value is -0.240. The topological polar surface area (TPSA) is 156 Å². The molecule has 0 aromatic rings. The number of nitrogens with two attached hydrogens (primary N) is 6. The fourth-order valence-corrected chi connectivity index (χ4v) is 2.28. The van der Waals surface area contributed by atoms with E-state index in [4.69, 9.17) is 34.4 Å². The van der Waals surface area contributed by atoms with Crippen LogP contribution in [0.5, 0.6) is 0 Å². The van der Waals surface area contributed by atoms with Crippen LogP contribution in [0.25, 0.3) is 0 Å². The summed E-state index contributed by atoms with van der Waals surface area (Å²) in [5, 5.41) is 0. The molecule has 0 fully saturated rings. The molecule has 0 spiro atoms. The summed E-state index contributed by atoms with van der Waals surface area (Å²) in [6.07, 6.45) is 2.56. The molecule has 0 aliphatic carbocycles. The van der Waals surface area contributed by atoms with Crippen LogP contribution in [0.1, 0.15) is 25.7 Å². The zero-order chi connectivity index (χ0) is 12.7. The van der Waals surface area contributed by atoms with E-state index in [0.29, 0.717) is 51.9 Å². The molecule has 16 heavy (non-hydrogen) atoms. The van der Waals surface area contributed by atoms with Crippen LogP contribution in [0, 0.1) is 0 Å². The van der Waals surface area contributed by atoms with Crippen LogP contribution < -0.4 is 34.4 Å². The molecule has 0 radical (unpaired) electrons. The van der Waals surface area contributed by atoms with Crippen LogP contribution in [-0.4, -0.2) is 37.3 Å². The van der Waals surface area contributed by atoms with Crippen molar-refractivity contribution in [3.8, 4) is 0 Å². The van der Waals surface area contributed by atoms with Crippen molar-refractivity contribution in [1.82, 2.24) is 0 Å². The van der Waals surface area contributed by atoms with E-state index in [9.17, 15) is 0 Å². The SMILES string of the molecule is NCCC(N)(CCN)C(N)(CCN)CCN. The first-order valence-corrected chi connectivity index (χ1v) is 5.87. The normalized spacial score (nSPS) is 13.1. The molecule has 0 heterocycles. The van der Waals surface area contributed by atoms with Crippen molar-refractivity contribution in [3.63, 3.8) is 0 Å². The third-order valence-corrected chi connectivity index (χ3v) is 3.35. The van der Waals surface area contributed by atoms with Crippen LogP contribution in [0.4, 0.5) is 0 Å². The van der Waals surface area contributed by atoms with Gasteiger partial charge in [-0.25, -0.2) is 0 Å². The number of hydrogen-bond acceptors (Lipinski definition) is 6. The Labute approximate surface area is 98.1 Å². The van der Waals surface area contributed by atoms with Crippen molar-refractivity contribution in [1.29, 1.82) is 0 Å². The highest BCUT2D eigenvalue weighted by atomic mass is 14.9. The van der Waals surface area contributed by atoms with Crippen molar-refractivity contribution in [2.24, 2.45) is 34.4 Å². The van der Waals surface area contributed by atoms with Gasteiger partial charge in [-0.1, -0.05) is 0 Å².